The van der Waals surface area contributed by atoms with Gasteiger partial charge in [-0.1, -0.05) is 0 Å². The maximum atomic E-state index is 12.9. The molecule has 0 atom stereocenters. The van der Waals surface area contributed by atoms with Crippen molar-refractivity contribution in [2.45, 2.75) is 0 Å². The third-order valence-electron chi connectivity index (χ3n) is 1.64. The lowest BCUT2D eigenvalue weighted by Gasteiger charge is -2.03. The van der Waals surface area contributed by atoms with Gasteiger partial charge in [0.2, 0.25) is 0 Å². The molecule has 0 aliphatic rings. The summed E-state index contributed by atoms with van der Waals surface area (Å²) in [7, 11) is 0. The Bertz CT molecular complexity index is 464. The molecule has 0 radical (unpaired) electrons. The molecule has 1 aromatic heterocycles. The van der Waals surface area contributed by atoms with Crippen LogP contribution >= 0.6 is 15.9 Å². The highest BCUT2D eigenvalue weighted by molar-refractivity contribution is 9.10. The summed E-state index contributed by atoms with van der Waals surface area (Å²) in [4.78, 5) is 7.77. The minimum Gasteiger partial charge on any atom is -0.424 e. The number of hydrogen-bond acceptors (Lipinski definition) is 3. The van der Waals surface area contributed by atoms with Crippen LogP contribution in [-0.4, -0.2) is 9.97 Å². The molecule has 0 unspecified atom stereocenters. The fourth-order valence-electron chi connectivity index (χ4n) is 0.984. The van der Waals surface area contributed by atoms with Crippen molar-refractivity contribution >= 4 is 15.9 Å². The number of halogens is 2. The van der Waals surface area contributed by atoms with Gasteiger partial charge in [-0.15, -0.1) is 0 Å². The van der Waals surface area contributed by atoms with Gasteiger partial charge in [0.25, 0.3) is 0 Å². The van der Waals surface area contributed by atoms with Crippen molar-refractivity contribution in [3.05, 3.63) is 46.9 Å². The van der Waals surface area contributed by atoms with Crippen LogP contribution in [0.2, 0.25) is 0 Å². The van der Waals surface area contributed by atoms with Crippen LogP contribution in [-0.2, 0) is 0 Å². The highest BCUT2D eigenvalue weighted by Gasteiger charge is 2.03. The summed E-state index contributed by atoms with van der Waals surface area (Å²) >= 11 is 3.06. The summed E-state index contributed by atoms with van der Waals surface area (Å²) < 4.78 is 18.5. The molecule has 0 N–H and O–H groups in total. The predicted molar refractivity (Wildman–Crippen MR) is 56.2 cm³/mol. The van der Waals surface area contributed by atoms with Crippen LogP contribution in [0.3, 0.4) is 0 Å². The molecule has 1 aromatic carbocycles. The predicted octanol–water partition coefficient (Wildman–Crippen LogP) is 3.17. The zero-order chi connectivity index (χ0) is 10.7. The van der Waals surface area contributed by atoms with Crippen LogP contribution in [0.4, 0.5) is 4.39 Å². The van der Waals surface area contributed by atoms with Gasteiger partial charge in [0.1, 0.15) is 11.6 Å². The second-order valence-corrected chi connectivity index (χ2v) is 3.56. The number of benzene rings is 1. The van der Waals surface area contributed by atoms with Crippen molar-refractivity contribution < 1.29 is 9.13 Å². The maximum absolute atomic E-state index is 12.9. The number of hydrogen-bond donors (Lipinski definition) is 0. The molecule has 0 fully saturated rings. The van der Waals surface area contributed by atoms with Gasteiger partial charge in [-0.2, -0.15) is 0 Å². The van der Waals surface area contributed by atoms with E-state index in [9.17, 15) is 4.39 Å². The summed E-state index contributed by atoms with van der Waals surface area (Å²) in [6.45, 7) is 0. The van der Waals surface area contributed by atoms with E-state index >= 15 is 0 Å². The van der Waals surface area contributed by atoms with Crippen LogP contribution in [0.25, 0.3) is 0 Å². The van der Waals surface area contributed by atoms with Crippen molar-refractivity contribution in [3.63, 3.8) is 0 Å². The molecule has 1 heterocycles. The molecule has 0 amide bonds. The monoisotopic (exact) mass is 268 g/mol. The van der Waals surface area contributed by atoms with Crippen LogP contribution in [0.1, 0.15) is 0 Å². The Morgan fingerprint density at radius 1 is 1.20 bits per heavy atom. The number of ether oxygens (including phenoxy) is 1. The Balaban J connectivity index is 2.22. The fourth-order valence-corrected chi connectivity index (χ4v) is 1.34. The van der Waals surface area contributed by atoms with Crippen molar-refractivity contribution in [1.82, 2.24) is 9.97 Å². The smallest absolute Gasteiger partial charge is 0.321 e. The minimum atomic E-state index is -0.337. The van der Waals surface area contributed by atoms with Gasteiger partial charge in [-0.25, -0.2) is 14.4 Å². The zero-order valence-electron chi connectivity index (χ0n) is 7.52. The summed E-state index contributed by atoms with van der Waals surface area (Å²) in [6, 6.07) is 6.26. The van der Waals surface area contributed by atoms with Crippen LogP contribution in [0.5, 0.6) is 11.8 Å². The Hall–Kier alpha value is -1.49. The zero-order valence-corrected chi connectivity index (χ0v) is 9.11. The van der Waals surface area contributed by atoms with Crippen molar-refractivity contribution in [1.29, 1.82) is 0 Å². The van der Waals surface area contributed by atoms with Gasteiger partial charge in [-0.05, 0) is 40.2 Å². The van der Waals surface area contributed by atoms with Crippen molar-refractivity contribution in [2.75, 3.05) is 0 Å². The second-order valence-electron chi connectivity index (χ2n) is 2.71. The van der Waals surface area contributed by atoms with Crippen LogP contribution < -0.4 is 4.74 Å². The molecular formula is C10H6BrFN2O. The third kappa shape index (κ3) is 2.50. The van der Waals surface area contributed by atoms with E-state index < -0.39 is 0 Å². The molecule has 0 aliphatic heterocycles. The van der Waals surface area contributed by atoms with E-state index in [-0.39, 0.29) is 11.8 Å². The average molecular weight is 269 g/mol. The molecule has 0 bridgehead atoms. The molecular weight excluding hydrogens is 263 g/mol. The largest absolute Gasteiger partial charge is 0.424 e. The molecule has 0 saturated carbocycles. The molecule has 5 heteroatoms. The Morgan fingerprint density at radius 2 is 1.93 bits per heavy atom. The maximum Gasteiger partial charge on any atom is 0.321 e. The summed E-state index contributed by atoms with van der Waals surface area (Å²) in [5.41, 5.74) is 0. The van der Waals surface area contributed by atoms with Gasteiger partial charge in [-0.3, -0.25) is 0 Å². The van der Waals surface area contributed by atoms with Gasteiger partial charge in [0.15, 0.2) is 0 Å². The first-order chi connectivity index (χ1) is 7.25. The molecule has 0 aliphatic carbocycles. The quantitative estimate of drug-likeness (QED) is 0.839. The molecule has 15 heavy (non-hydrogen) atoms. The van der Waals surface area contributed by atoms with Gasteiger partial charge in [0, 0.05) is 12.4 Å². The summed E-state index contributed by atoms with van der Waals surface area (Å²) in [6.07, 6.45) is 3.14. The van der Waals surface area contributed by atoms with Crippen molar-refractivity contribution in [3.8, 4) is 11.8 Å². The topological polar surface area (TPSA) is 35.0 Å². The number of nitrogens with zero attached hydrogens (tertiary/aromatic N) is 2. The number of rotatable bonds is 2. The Morgan fingerprint density at radius 3 is 2.60 bits per heavy atom. The van der Waals surface area contributed by atoms with Crippen LogP contribution in [0, 0.1) is 5.82 Å². The Kier molecular flexibility index (Phi) is 2.91. The standard InChI is InChI=1S/C10H6BrFN2O/c11-8-6-7(2-3-9(8)12)15-10-13-4-1-5-14-10/h1-6H. The van der Waals surface area contributed by atoms with Crippen molar-refractivity contribution in [2.24, 2.45) is 0 Å². The minimum absolute atomic E-state index is 0.232. The van der Waals surface area contributed by atoms with E-state index in [1.165, 1.54) is 18.2 Å². The number of aromatic nitrogens is 2. The lowest BCUT2D eigenvalue weighted by molar-refractivity contribution is 0.440. The lowest BCUT2D eigenvalue weighted by Crippen LogP contribution is -1.90. The average Bonchev–Trinajstić information content (AvgIpc) is 2.25. The normalized spacial score (nSPS) is 10.0. The van der Waals surface area contributed by atoms with Gasteiger partial charge >= 0.3 is 6.01 Å². The van der Waals surface area contributed by atoms with E-state index in [4.69, 9.17) is 4.74 Å². The second kappa shape index (κ2) is 4.35. The summed E-state index contributed by atoms with van der Waals surface area (Å²) in [5, 5.41) is 0. The van der Waals surface area contributed by atoms with E-state index in [1.54, 1.807) is 18.5 Å². The van der Waals surface area contributed by atoms with Crippen LogP contribution in [0.15, 0.2) is 41.1 Å². The first kappa shape index (κ1) is 10.0. The first-order valence-electron chi connectivity index (χ1n) is 4.15. The lowest BCUT2D eigenvalue weighted by atomic mass is 10.3. The van der Waals surface area contributed by atoms with Gasteiger partial charge in [0.05, 0.1) is 4.47 Å². The van der Waals surface area contributed by atoms with E-state index in [1.807, 2.05) is 0 Å². The third-order valence-corrected chi connectivity index (χ3v) is 2.25. The highest BCUT2D eigenvalue weighted by Crippen LogP contribution is 2.24. The highest BCUT2D eigenvalue weighted by atomic mass is 79.9. The Labute approximate surface area is 94.1 Å². The fraction of sp³-hybridized carbons (Fsp3) is 0. The SMILES string of the molecule is Fc1ccc(Oc2ncccn2)cc1Br. The molecule has 2 aromatic rings. The van der Waals surface area contributed by atoms with E-state index in [0.717, 1.165) is 0 Å². The summed E-state index contributed by atoms with van der Waals surface area (Å²) in [5.74, 6) is 0.144. The first-order valence-corrected chi connectivity index (χ1v) is 4.95. The molecule has 0 spiro atoms. The van der Waals surface area contributed by atoms with Gasteiger partial charge < -0.3 is 4.74 Å². The molecule has 3 nitrogen and oxygen atoms in total. The van der Waals surface area contributed by atoms with E-state index in [2.05, 4.69) is 25.9 Å². The molecule has 0 saturated heterocycles. The van der Waals surface area contributed by atoms with E-state index in [0.29, 0.717) is 10.2 Å². The molecule has 76 valence electrons. The molecule has 2 rings (SSSR count).